The number of sulfonamides is 1. The van der Waals surface area contributed by atoms with Gasteiger partial charge in [-0.1, -0.05) is 0 Å². The second-order valence-corrected chi connectivity index (χ2v) is 8.46. The molecule has 0 aliphatic carbocycles. The van der Waals surface area contributed by atoms with Crippen LogP contribution in [-0.2, 0) is 16.6 Å². The largest absolute Gasteiger partial charge is 0.392 e. The molecule has 2 aliphatic heterocycles. The molecule has 2 N–H and O–H groups in total. The summed E-state index contributed by atoms with van der Waals surface area (Å²) in [6.45, 7) is 2.03. The van der Waals surface area contributed by atoms with Crippen molar-refractivity contribution in [3.05, 3.63) is 17.0 Å². The molecule has 0 aromatic carbocycles. The lowest BCUT2D eigenvalue weighted by molar-refractivity contribution is 0.176. The molecule has 1 aromatic heterocycles. The van der Waals surface area contributed by atoms with E-state index in [2.05, 4.69) is 9.62 Å². The van der Waals surface area contributed by atoms with Crippen molar-refractivity contribution in [1.82, 2.24) is 9.62 Å². The monoisotopic (exact) mass is 316 g/mol. The summed E-state index contributed by atoms with van der Waals surface area (Å²) in [7, 11) is -3.44. The van der Waals surface area contributed by atoms with E-state index in [0.29, 0.717) is 15.8 Å². The maximum Gasteiger partial charge on any atom is 0.250 e. The highest BCUT2D eigenvalue weighted by Crippen LogP contribution is 2.28. The van der Waals surface area contributed by atoms with Crippen LogP contribution >= 0.6 is 11.3 Å². The molecule has 0 bridgehead atoms. The van der Waals surface area contributed by atoms with Gasteiger partial charge >= 0.3 is 0 Å². The molecular formula is C13H20N2O3S2. The van der Waals surface area contributed by atoms with Gasteiger partial charge in [0.2, 0.25) is 10.0 Å². The molecule has 7 heteroatoms. The maximum absolute atomic E-state index is 12.3. The van der Waals surface area contributed by atoms with Crippen LogP contribution in [0.4, 0.5) is 0 Å². The Hall–Kier alpha value is -0.470. The van der Waals surface area contributed by atoms with Crippen LogP contribution in [0.5, 0.6) is 0 Å². The number of hydrogen-bond acceptors (Lipinski definition) is 5. The number of hydrogen-bond donors (Lipinski definition) is 2. The van der Waals surface area contributed by atoms with E-state index >= 15 is 0 Å². The summed E-state index contributed by atoms with van der Waals surface area (Å²) < 4.78 is 27.8. The third-order valence-electron chi connectivity index (χ3n) is 4.22. The predicted octanol–water partition coefficient (Wildman–Crippen LogP) is 1.15. The molecule has 2 saturated heterocycles. The normalized spacial score (nSPS) is 27.6. The van der Waals surface area contributed by atoms with Gasteiger partial charge in [0.1, 0.15) is 4.21 Å². The molecule has 5 nitrogen and oxygen atoms in total. The lowest BCUT2D eigenvalue weighted by Crippen LogP contribution is -2.47. The third kappa shape index (κ3) is 2.92. The maximum atomic E-state index is 12.3. The molecule has 3 heterocycles. The van der Waals surface area contributed by atoms with Crippen LogP contribution in [0.1, 0.15) is 31.2 Å². The lowest BCUT2D eigenvalue weighted by Gasteiger charge is -2.34. The summed E-state index contributed by atoms with van der Waals surface area (Å²) in [6, 6.07) is 2.14. The molecule has 2 aliphatic rings. The van der Waals surface area contributed by atoms with Gasteiger partial charge in [0.25, 0.3) is 0 Å². The van der Waals surface area contributed by atoms with E-state index in [1.54, 1.807) is 11.4 Å². The number of piperidine rings is 1. The lowest BCUT2D eigenvalue weighted by atomic mass is 9.99. The number of fused-ring (bicyclic) bond motifs is 1. The summed E-state index contributed by atoms with van der Waals surface area (Å²) in [6.07, 6.45) is 4.21. The number of rotatable bonds is 4. The van der Waals surface area contributed by atoms with Crippen LogP contribution in [0.2, 0.25) is 0 Å². The number of aliphatic hydroxyl groups is 1. The summed E-state index contributed by atoms with van der Waals surface area (Å²) >= 11 is 1.17. The molecule has 0 spiro atoms. The van der Waals surface area contributed by atoms with Gasteiger partial charge in [-0.3, -0.25) is 0 Å². The number of nitrogens with zero attached hydrogens (tertiary/aromatic N) is 1. The van der Waals surface area contributed by atoms with Crippen molar-refractivity contribution in [2.75, 3.05) is 13.1 Å². The van der Waals surface area contributed by atoms with Crippen molar-refractivity contribution in [3.63, 3.8) is 0 Å². The molecule has 0 amide bonds. The van der Waals surface area contributed by atoms with E-state index in [9.17, 15) is 8.42 Å². The van der Waals surface area contributed by atoms with Gasteiger partial charge < -0.3 is 10.0 Å². The van der Waals surface area contributed by atoms with Crippen molar-refractivity contribution in [3.8, 4) is 0 Å². The highest BCUT2D eigenvalue weighted by Gasteiger charge is 2.33. The molecular weight excluding hydrogens is 296 g/mol. The molecule has 2 atom stereocenters. The van der Waals surface area contributed by atoms with Crippen molar-refractivity contribution in [1.29, 1.82) is 0 Å². The molecule has 2 fully saturated rings. The van der Waals surface area contributed by atoms with E-state index in [0.717, 1.165) is 25.9 Å². The van der Waals surface area contributed by atoms with Crippen LogP contribution in [0, 0.1) is 0 Å². The average Bonchev–Trinajstić information content (AvgIpc) is 3.06. The minimum Gasteiger partial charge on any atom is -0.392 e. The zero-order valence-corrected chi connectivity index (χ0v) is 12.9. The summed E-state index contributed by atoms with van der Waals surface area (Å²) in [5.41, 5.74) is 0.654. The third-order valence-corrected chi connectivity index (χ3v) is 7.23. The fourth-order valence-corrected chi connectivity index (χ4v) is 5.69. The van der Waals surface area contributed by atoms with Crippen LogP contribution in [0.15, 0.2) is 15.7 Å². The molecule has 0 saturated carbocycles. The molecule has 0 radical (unpaired) electrons. The SMILES string of the molecule is O=S(=O)(NC1CCN2CCCC2C1)c1cc(CO)cs1. The topological polar surface area (TPSA) is 69.6 Å². The summed E-state index contributed by atoms with van der Waals surface area (Å²) in [4.78, 5) is 2.47. The van der Waals surface area contributed by atoms with Gasteiger partial charge in [-0.05, 0) is 55.8 Å². The summed E-state index contributed by atoms with van der Waals surface area (Å²) in [5, 5.41) is 10.7. The Kier molecular flexibility index (Phi) is 4.14. The predicted molar refractivity (Wildman–Crippen MR) is 78.2 cm³/mol. The first-order valence-electron chi connectivity index (χ1n) is 7.03. The first-order chi connectivity index (χ1) is 9.58. The minimum atomic E-state index is -3.44. The second kappa shape index (κ2) is 5.73. The standard InChI is InChI=1S/C13H20N2O3S2/c16-8-10-6-13(19-9-10)20(17,18)14-11-3-5-15-4-1-2-12(15)7-11/h6,9,11-12,14,16H,1-5,7-8H2. The Morgan fingerprint density at radius 3 is 3.00 bits per heavy atom. The van der Waals surface area contributed by atoms with Crippen LogP contribution in [0.3, 0.4) is 0 Å². The van der Waals surface area contributed by atoms with Crippen molar-refractivity contribution >= 4 is 21.4 Å². The number of nitrogens with one attached hydrogen (secondary N) is 1. The van der Waals surface area contributed by atoms with Crippen molar-refractivity contribution in [2.45, 2.75) is 48.6 Å². The molecule has 2 unspecified atom stereocenters. The van der Waals surface area contributed by atoms with Crippen molar-refractivity contribution in [2.24, 2.45) is 0 Å². The van der Waals surface area contributed by atoms with E-state index in [1.807, 2.05) is 0 Å². The van der Waals surface area contributed by atoms with E-state index < -0.39 is 10.0 Å². The smallest absolute Gasteiger partial charge is 0.250 e. The zero-order chi connectivity index (χ0) is 14.2. The van der Waals surface area contributed by atoms with Gasteiger partial charge in [0, 0.05) is 12.1 Å². The Morgan fingerprint density at radius 2 is 2.25 bits per heavy atom. The van der Waals surface area contributed by atoms with E-state index in [1.165, 1.54) is 24.2 Å². The first kappa shape index (κ1) is 14.5. The van der Waals surface area contributed by atoms with E-state index in [4.69, 9.17) is 5.11 Å². The zero-order valence-electron chi connectivity index (χ0n) is 11.3. The Morgan fingerprint density at radius 1 is 1.40 bits per heavy atom. The molecule has 112 valence electrons. The summed E-state index contributed by atoms with van der Waals surface area (Å²) in [5.74, 6) is 0. The van der Waals surface area contributed by atoms with Crippen LogP contribution < -0.4 is 4.72 Å². The van der Waals surface area contributed by atoms with E-state index in [-0.39, 0.29) is 12.6 Å². The fourth-order valence-electron chi connectivity index (χ4n) is 3.19. The Balaban J connectivity index is 1.67. The van der Waals surface area contributed by atoms with Gasteiger partial charge in [0.05, 0.1) is 6.61 Å². The van der Waals surface area contributed by atoms with Crippen LogP contribution in [0.25, 0.3) is 0 Å². The highest BCUT2D eigenvalue weighted by atomic mass is 32.2. The van der Waals surface area contributed by atoms with Gasteiger partial charge in [-0.15, -0.1) is 11.3 Å². The Labute approximate surface area is 123 Å². The second-order valence-electron chi connectivity index (χ2n) is 5.61. The quantitative estimate of drug-likeness (QED) is 0.874. The molecule has 3 rings (SSSR count). The first-order valence-corrected chi connectivity index (χ1v) is 9.39. The Bertz CT molecular complexity index is 570. The highest BCUT2D eigenvalue weighted by molar-refractivity contribution is 7.91. The fraction of sp³-hybridized carbons (Fsp3) is 0.692. The van der Waals surface area contributed by atoms with Gasteiger partial charge in [-0.25, -0.2) is 13.1 Å². The number of aliphatic hydroxyl groups excluding tert-OH is 1. The minimum absolute atomic E-state index is 0.0408. The number of thiophene rings is 1. The van der Waals surface area contributed by atoms with Crippen LogP contribution in [-0.4, -0.2) is 43.6 Å². The molecule has 20 heavy (non-hydrogen) atoms. The van der Waals surface area contributed by atoms with Gasteiger partial charge in [0.15, 0.2) is 0 Å². The van der Waals surface area contributed by atoms with Crippen molar-refractivity contribution < 1.29 is 13.5 Å². The van der Waals surface area contributed by atoms with Gasteiger partial charge in [-0.2, -0.15) is 0 Å². The average molecular weight is 316 g/mol. The molecule has 1 aromatic rings.